The van der Waals surface area contributed by atoms with Crippen molar-refractivity contribution in [3.8, 4) is 5.75 Å². The molecule has 1 aromatic rings. The number of nitroso groups, excluding NO2 is 1. The van der Waals surface area contributed by atoms with Crippen LogP contribution in [0.2, 0.25) is 0 Å². The van der Waals surface area contributed by atoms with E-state index in [0.29, 0.717) is 11.2 Å². The summed E-state index contributed by atoms with van der Waals surface area (Å²) in [4.78, 5) is 9.98. The first-order valence-corrected chi connectivity index (χ1v) is 3.75. The van der Waals surface area contributed by atoms with Crippen LogP contribution in [0.4, 0.5) is 4.39 Å². The Kier molecular flexibility index (Phi) is 1.92. The molecule has 1 aromatic carbocycles. The summed E-state index contributed by atoms with van der Waals surface area (Å²) in [5.74, 6) is 0.119. The zero-order valence-electron chi connectivity index (χ0n) is 6.66. The van der Waals surface area contributed by atoms with Crippen molar-refractivity contribution < 1.29 is 9.13 Å². The third kappa shape index (κ3) is 1.37. The third-order valence-electron chi connectivity index (χ3n) is 1.88. The Bertz CT molecular complexity index is 392. The van der Waals surface area contributed by atoms with Crippen LogP contribution in [-0.4, -0.2) is 19.1 Å². The Morgan fingerprint density at radius 1 is 1.54 bits per heavy atom. The number of nitrogens with zero attached hydrogens (tertiary/aromatic N) is 1. The Morgan fingerprint density at radius 3 is 3.15 bits per heavy atom. The predicted octanol–water partition coefficient (Wildman–Crippen LogP) is 1.12. The fourth-order valence-electron chi connectivity index (χ4n) is 1.28. The van der Waals surface area contributed by atoms with E-state index in [9.17, 15) is 9.30 Å². The number of fused-ring (bicyclic) bond motifs is 1. The van der Waals surface area contributed by atoms with Crippen LogP contribution < -0.4 is 4.74 Å². The van der Waals surface area contributed by atoms with Gasteiger partial charge in [0.05, 0.1) is 0 Å². The van der Waals surface area contributed by atoms with Gasteiger partial charge in [0.2, 0.25) is 0 Å². The summed E-state index contributed by atoms with van der Waals surface area (Å²) >= 11 is 0. The SMILES string of the molecule is O=NB=C1COc2cc(F)ccc21. The Labute approximate surface area is 74.4 Å². The maximum atomic E-state index is 12.7. The van der Waals surface area contributed by atoms with E-state index in [1.54, 1.807) is 6.07 Å². The molecule has 0 fully saturated rings. The van der Waals surface area contributed by atoms with Gasteiger partial charge in [0, 0.05) is 0 Å². The van der Waals surface area contributed by atoms with Crippen molar-refractivity contribution >= 4 is 12.5 Å². The van der Waals surface area contributed by atoms with E-state index in [0.717, 1.165) is 5.56 Å². The molecule has 0 radical (unpaired) electrons. The van der Waals surface area contributed by atoms with Gasteiger partial charge in [-0.3, -0.25) is 0 Å². The van der Waals surface area contributed by atoms with Gasteiger partial charge in [-0.05, 0) is 0 Å². The first-order valence-electron chi connectivity index (χ1n) is 3.75. The van der Waals surface area contributed by atoms with E-state index >= 15 is 0 Å². The van der Waals surface area contributed by atoms with E-state index < -0.39 is 0 Å². The van der Waals surface area contributed by atoms with E-state index in [2.05, 4.69) is 5.09 Å². The molecule has 0 unspecified atom stereocenters. The van der Waals surface area contributed by atoms with Crippen LogP contribution >= 0.6 is 0 Å². The molecule has 13 heavy (non-hydrogen) atoms. The van der Waals surface area contributed by atoms with Gasteiger partial charge in [-0.1, -0.05) is 0 Å². The van der Waals surface area contributed by atoms with Gasteiger partial charge in [0.15, 0.2) is 0 Å². The molecule has 3 nitrogen and oxygen atoms in total. The molecule has 1 aliphatic rings. The number of halogens is 1. The monoisotopic (exact) mass is 177 g/mol. The van der Waals surface area contributed by atoms with Crippen molar-refractivity contribution in [1.29, 1.82) is 0 Å². The summed E-state index contributed by atoms with van der Waals surface area (Å²) in [5, 5.41) is 2.65. The van der Waals surface area contributed by atoms with E-state index in [1.165, 1.54) is 19.2 Å². The van der Waals surface area contributed by atoms with Crippen molar-refractivity contribution in [2.75, 3.05) is 6.61 Å². The van der Waals surface area contributed by atoms with Crippen LogP contribution in [0.25, 0.3) is 0 Å². The molecule has 0 bridgehead atoms. The molecule has 0 saturated heterocycles. The van der Waals surface area contributed by atoms with Crippen molar-refractivity contribution in [2.24, 2.45) is 5.09 Å². The molecule has 0 spiro atoms. The second-order valence-electron chi connectivity index (χ2n) is 2.69. The summed E-state index contributed by atoms with van der Waals surface area (Å²) in [6, 6.07) is 4.20. The molecule has 0 saturated carbocycles. The Morgan fingerprint density at radius 2 is 2.38 bits per heavy atom. The van der Waals surface area contributed by atoms with Gasteiger partial charge in [0.1, 0.15) is 0 Å². The first kappa shape index (κ1) is 8.10. The Balaban J connectivity index is 2.49. The molecule has 2 rings (SSSR count). The molecule has 0 aliphatic carbocycles. The molecular weight excluding hydrogens is 172 g/mol. The molecular formula is C8H5BFNO2. The first-order chi connectivity index (χ1) is 6.31. The molecule has 64 valence electrons. The average molecular weight is 177 g/mol. The van der Waals surface area contributed by atoms with Crippen LogP contribution in [0.3, 0.4) is 0 Å². The van der Waals surface area contributed by atoms with Crippen LogP contribution in [0, 0.1) is 10.7 Å². The molecule has 1 heterocycles. The van der Waals surface area contributed by atoms with Gasteiger partial charge < -0.3 is 0 Å². The second kappa shape index (κ2) is 3.09. The van der Waals surface area contributed by atoms with E-state index in [1.807, 2.05) is 0 Å². The van der Waals surface area contributed by atoms with Crippen LogP contribution in [0.1, 0.15) is 5.56 Å². The molecule has 0 N–H and O–H groups in total. The maximum absolute atomic E-state index is 12.7. The molecule has 5 heteroatoms. The van der Waals surface area contributed by atoms with Gasteiger partial charge in [-0.25, -0.2) is 0 Å². The summed E-state index contributed by atoms with van der Waals surface area (Å²) in [6.45, 7) is 0.282. The molecule has 1 aliphatic heterocycles. The predicted molar refractivity (Wildman–Crippen MR) is 47.6 cm³/mol. The summed E-state index contributed by atoms with van der Waals surface area (Å²) < 4.78 is 17.8. The summed E-state index contributed by atoms with van der Waals surface area (Å²) in [5.41, 5.74) is 1.42. The van der Waals surface area contributed by atoms with E-state index in [4.69, 9.17) is 4.74 Å². The second-order valence-corrected chi connectivity index (χ2v) is 2.69. The molecule has 0 aromatic heterocycles. The van der Waals surface area contributed by atoms with Crippen molar-refractivity contribution in [2.45, 2.75) is 0 Å². The Hall–Kier alpha value is -1.52. The minimum absolute atomic E-state index is 0.282. The van der Waals surface area contributed by atoms with Crippen LogP contribution in [-0.2, 0) is 0 Å². The quantitative estimate of drug-likeness (QED) is 0.476. The normalized spacial score (nSPS) is 16.2. The van der Waals surface area contributed by atoms with Gasteiger partial charge in [0.25, 0.3) is 0 Å². The van der Waals surface area contributed by atoms with Crippen LogP contribution in [0.15, 0.2) is 23.3 Å². The van der Waals surface area contributed by atoms with Gasteiger partial charge in [-0.15, -0.1) is 0 Å². The number of ether oxygens (including phenoxy) is 1. The zero-order valence-corrected chi connectivity index (χ0v) is 6.66. The molecule has 0 amide bonds. The average Bonchev–Trinajstić information content (AvgIpc) is 2.49. The number of rotatable bonds is 1. The number of benzene rings is 1. The summed E-state index contributed by atoms with van der Waals surface area (Å²) in [6.07, 6.45) is 0. The number of hydrogen-bond donors (Lipinski definition) is 0. The molecule has 0 atom stereocenters. The minimum atomic E-state index is -0.348. The van der Waals surface area contributed by atoms with Gasteiger partial charge >= 0.3 is 73.6 Å². The fraction of sp³-hybridized carbons (Fsp3) is 0.125. The summed E-state index contributed by atoms with van der Waals surface area (Å²) in [7, 11) is 1.18. The zero-order chi connectivity index (χ0) is 9.26. The topological polar surface area (TPSA) is 38.7 Å². The van der Waals surface area contributed by atoms with Crippen molar-refractivity contribution in [1.82, 2.24) is 0 Å². The number of hydrogen-bond acceptors (Lipinski definition) is 3. The van der Waals surface area contributed by atoms with Crippen molar-refractivity contribution in [3.63, 3.8) is 0 Å². The third-order valence-corrected chi connectivity index (χ3v) is 1.88. The standard InChI is InChI=1S/C8H5BFNO2/c10-5-1-2-6-7(9-11-12)4-13-8(6)3-5/h1-3H,4H2. The van der Waals surface area contributed by atoms with Crippen molar-refractivity contribution in [3.05, 3.63) is 34.5 Å². The fourth-order valence-corrected chi connectivity index (χ4v) is 1.28. The van der Waals surface area contributed by atoms with Gasteiger partial charge in [-0.2, -0.15) is 0 Å². The van der Waals surface area contributed by atoms with E-state index in [-0.39, 0.29) is 12.4 Å². The van der Waals surface area contributed by atoms with Crippen LogP contribution in [0.5, 0.6) is 5.75 Å².